The standard InChI is InChI=1S/C26H23NO3S/c1-18-12-14-21(15-13-18)31(28,29)27-24(19-8-4-3-5-9-19)16-20-17-25(30-2)22-10-6-7-11-23(22)26(20)27/h3-15,17,24H,16H2,1-2H3. The van der Waals surface area contributed by atoms with Crippen molar-refractivity contribution in [3.63, 3.8) is 0 Å². The van der Waals surface area contributed by atoms with Gasteiger partial charge in [-0.1, -0.05) is 72.3 Å². The van der Waals surface area contributed by atoms with E-state index < -0.39 is 10.0 Å². The average Bonchev–Trinajstić information content (AvgIpc) is 3.20. The molecule has 0 radical (unpaired) electrons. The van der Waals surface area contributed by atoms with Crippen molar-refractivity contribution >= 4 is 26.5 Å². The van der Waals surface area contributed by atoms with E-state index in [0.717, 1.165) is 38.9 Å². The van der Waals surface area contributed by atoms with E-state index in [1.165, 1.54) is 0 Å². The number of anilines is 1. The Morgan fingerprint density at radius 1 is 0.871 bits per heavy atom. The Morgan fingerprint density at radius 2 is 1.52 bits per heavy atom. The second-order valence-electron chi connectivity index (χ2n) is 7.88. The van der Waals surface area contributed by atoms with Crippen LogP contribution < -0.4 is 9.04 Å². The third kappa shape index (κ3) is 3.17. The fourth-order valence-corrected chi connectivity index (χ4v) is 6.15. The monoisotopic (exact) mass is 429 g/mol. The predicted molar refractivity (Wildman–Crippen MR) is 124 cm³/mol. The minimum atomic E-state index is -3.78. The van der Waals surface area contributed by atoms with Crippen LogP contribution in [0.4, 0.5) is 5.69 Å². The molecule has 1 aliphatic rings. The van der Waals surface area contributed by atoms with Crippen molar-refractivity contribution in [1.29, 1.82) is 0 Å². The largest absolute Gasteiger partial charge is 0.496 e. The Bertz CT molecular complexity index is 1360. The first-order chi connectivity index (χ1) is 15.0. The van der Waals surface area contributed by atoms with E-state index in [-0.39, 0.29) is 6.04 Å². The molecule has 1 unspecified atom stereocenters. The summed E-state index contributed by atoms with van der Waals surface area (Å²) in [6.45, 7) is 1.95. The van der Waals surface area contributed by atoms with Gasteiger partial charge in [0.25, 0.3) is 10.0 Å². The molecule has 0 N–H and O–H groups in total. The summed E-state index contributed by atoms with van der Waals surface area (Å²) >= 11 is 0. The first kappa shape index (κ1) is 19.6. The van der Waals surface area contributed by atoms with Crippen LogP contribution in [-0.4, -0.2) is 15.5 Å². The molecule has 0 saturated heterocycles. The van der Waals surface area contributed by atoms with Crippen molar-refractivity contribution in [2.75, 3.05) is 11.4 Å². The van der Waals surface area contributed by atoms with Crippen LogP contribution in [0.1, 0.15) is 22.7 Å². The van der Waals surface area contributed by atoms with Crippen LogP contribution in [-0.2, 0) is 16.4 Å². The minimum Gasteiger partial charge on any atom is -0.496 e. The van der Waals surface area contributed by atoms with E-state index in [1.54, 1.807) is 23.5 Å². The van der Waals surface area contributed by atoms with Gasteiger partial charge in [0.05, 0.1) is 23.7 Å². The normalized spacial score (nSPS) is 15.8. The molecule has 31 heavy (non-hydrogen) atoms. The highest BCUT2D eigenvalue weighted by molar-refractivity contribution is 7.92. The first-order valence-electron chi connectivity index (χ1n) is 10.3. The number of methoxy groups -OCH3 is 1. The smallest absolute Gasteiger partial charge is 0.264 e. The van der Waals surface area contributed by atoms with E-state index in [0.29, 0.717) is 11.3 Å². The highest BCUT2D eigenvalue weighted by Crippen LogP contribution is 2.49. The lowest BCUT2D eigenvalue weighted by atomic mass is 10.0. The zero-order chi connectivity index (χ0) is 21.6. The van der Waals surface area contributed by atoms with Crippen molar-refractivity contribution in [2.24, 2.45) is 0 Å². The van der Waals surface area contributed by atoms with Gasteiger partial charge in [0, 0.05) is 17.2 Å². The van der Waals surface area contributed by atoms with Crippen LogP contribution in [0.2, 0.25) is 0 Å². The summed E-state index contributed by atoms with van der Waals surface area (Å²) in [4.78, 5) is 0.298. The maximum absolute atomic E-state index is 14.0. The van der Waals surface area contributed by atoms with Crippen LogP contribution >= 0.6 is 0 Å². The number of sulfonamides is 1. The second-order valence-corrected chi connectivity index (χ2v) is 9.69. The molecule has 5 rings (SSSR count). The van der Waals surface area contributed by atoms with Gasteiger partial charge in [-0.2, -0.15) is 0 Å². The maximum Gasteiger partial charge on any atom is 0.264 e. The van der Waals surface area contributed by atoms with Gasteiger partial charge < -0.3 is 4.74 Å². The van der Waals surface area contributed by atoms with Gasteiger partial charge in [-0.25, -0.2) is 8.42 Å². The third-order valence-electron chi connectivity index (χ3n) is 5.96. The predicted octanol–water partition coefficient (Wildman–Crippen LogP) is 5.65. The van der Waals surface area contributed by atoms with Gasteiger partial charge in [-0.15, -0.1) is 0 Å². The van der Waals surface area contributed by atoms with Crippen LogP contribution in [0.3, 0.4) is 0 Å². The fourth-order valence-electron chi connectivity index (χ4n) is 4.45. The zero-order valence-corrected chi connectivity index (χ0v) is 18.3. The maximum atomic E-state index is 14.0. The molecular formula is C26H23NO3S. The van der Waals surface area contributed by atoms with Gasteiger partial charge >= 0.3 is 0 Å². The summed E-state index contributed by atoms with van der Waals surface area (Å²) in [6.07, 6.45) is 0.589. The molecule has 4 aromatic carbocycles. The van der Waals surface area contributed by atoms with Crippen LogP contribution in [0.25, 0.3) is 10.8 Å². The Balaban J connectivity index is 1.80. The van der Waals surface area contributed by atoms with E-state index in [9.17, 15) is 8.42 Å². The van der Waals surface area contributed by atoms with Crippen LogP contribution in [0.15, 0.2) is 89.8 Å². The number of fused-ring (bicyclic) bond motifs is 3. The average molecular weight is 430 g/mol. The number of hydrogen-bond acceptors (Lipinski definition) is 3. The molecule has 0 bridgehead atoms. The van der Waals surface area contributed by atoms with Crippen molar-refractivity contribution in [2.45, 2.75) is 24.3 Å². The Labute approximate surface area is 182 Å². The molecule has 0 amide bonds. The summed E-state index contributed by atoms with van der Waals surface area (Å²) in [5, 5.41) is 1.78. The van der Waals surface area contributed by atoms with E-state index in [2.05, 4.69) is 0 Å². The molecule has 0 saturated carbocycles. The van der Waals surface area contributed by atoms with Crippen molar-refractivity contribution in [3.8, 4) is 5.75 Å². The van der Waals surface area contributed by atoms with Crippen LogP contribution in [0.5, 0.6) is 5.75 Å². The lowest BCUT2D eigenvalue weighted by molar-refractivity contribution is 0.419. The summed E-state index contributed by atoms with van der Waals surface area (Å²) in [6, 6.07) is 26.4. The number of benzene rings is 4. The number of nitrogens with zero attached hydrogens (tertiary/aromatic N) is 1. The molecule has 1 aliphatic heterocycles. The summed E-state index contributed by atoms with van der Waals surface area (Å²) in [5.74, 6) is 0.760. The highest BCUT2D eigenvalue weighted by atomic mass is 32.2. The zero-order valence-electron chi connectivity index (χ0n) is 17.4. The number of rotatable bonds is 4. The number of aryl methyl sites for hydroxylation is 1. The molecule has 0 fully saturated rings. The Kier molecular flexibility index (Phi) is 4.71. The highest BCUT2D eigenvalue weighted by Gasteiger charge is 2.41. The van der Waals surface area contributed by atoms with Gasteiger partial charge in [0.2, 0.25) is 0 Å². The molecule has 4 nitrogen and oxygen atoms in total. The SMILES string of the molecule is COc1cc2c(c3ccccc13)N(S(=O)(=O)c1ccc(C)cc1)C(c1ccccc1)C2. The summed E-state index contributed by atoms with van der Waals surface area (Å²) < 4.78 is 35.2. The molecule has 156 valence electrons. The Hall–Kier alpha value is -3.31. The lowest BCUT2D eigenvalue weighted by Gasteiger charge is -2.28. The van der Waals surface area contributed by atoms with Gasteiger partial charge in [0.1, 0.15) is 5.75 Å². The summed E-state index contributed by atoms with van der Waals surface area (Å²) in [5.41, 5.74) is 3.71. The molecule has 1 heterocycles. The van der Waals surface area contributed by atoms with Crippen molar-refractivity contribution in [1.82, 2.24) is 0 Å². The van der Waals surface area contributed by atoms with Gasteiger partial charge in [0.15, 0.2) is 0 Å². The second kappa shape index (κ2) is 7.43. The molecule has 4 aromatic rings. The number of hydrogen-bond donors (Lipinski definition) is 0. The topological polar surface area (TPSA) is 46.6 Å². The molecular weight excluding hydrogens is 406 g/mol. The quantitative estimate of drug-likeness (QED) is 0.421. The summed E-state index contributed by atoms with van der Waals surface area (Å²) in [7, 11) is -2.13. The molecule has 5 heteroatoms. The van der Waals surface area contributed by atoms with Crippen LogP contribution in [0, 0.1) is 6.92 Å². The molecule has 0 aliphatic carbocycles. The third-order valence-corrected chi connectivity index (χ3v) is 7.78. The van der Waals surface area contributed by atoms with E-state index in [4.69, 9.17) is 4.74 Å². The minimum absolute atomic E-state index is 0.298. The number of ether oxygens (including phenoxy) is 1. The Morgan fingerprint density at radius 3 is 2.19 bits per heavy atom. The molecule has 1 atom stereocenters. The fraction of sp³-hybridized carbons (Fsp3) is 0.154. The molecule has 0 aromatic heterocycles. The van der Waals surface area contributed by atoms with E-state index in [1.807, 2.05) is 79.7 Å². The van der Waals surface area contributed by atoms with Crippen molar-refractivity contribution < 1.29 is 13.2 Å². The first-order valence-corrected chi connectivity index (χ1v) is 11.7. The van der Waals surface area contributed by atoms with E-state index >= 15 is 0 Å². The molecule has 0 spiro atoms. The van der Waals surface area contributed by atoms with Crippen molar-refractivity contribution in [3.05, 3.63) is 102 Å². The van der Waals surface area contributed by atoms with Gasteiger partial charge in [-0.3, -0.25) is 4.31 Å². The van der Waals surface area contributed by atoms with Gasteiger partial charge in [-0.05, 0) is 36.2 Å². The lowest BCUT2D eigenvalue weighted by Crippen LogP contribution is -2.32.